The van der Waals surface area contributed by atoms with Crippen molar-refractivity contribution in [2.45, 2.75) is 56.1 Å². The smallest absolute Gasteiger partial charge is 0.133 e. The van der Waals surface area contributed by atoms with Gasteiger partial charge in [0, 0.05) is 45.0 Å². The second-order valence-electron chi connectivity index (χ2n) is 8.10. The molecule has 0 aliphatic carbocycles. The van der Waals surface area contributed by atoms with E-state index in [2.05, 4.69) is 53.1 Å². The zero-order chi connectivity index (χ0) is 22.5. The summed E-state index contributed by atoms with van der Waals surface area (Å²) in [6.45, 7) is 6.13. The fraction of sp³-hybridized carbons (Fsp3) is 0.346. The van der Waals surface area contributed by atoms with Crippen molar-refractivity contribution in [1.29, 1.82) is 0 Å². The highest BCUT2D eigenvalue weighted by atomic mass is 127. The van der Waals surface area contributed by atoms with Crippen LogP contribution in [0.4, 0.5) is 4.39 Å². The first-order chi connectivity index (χ1) is 14.8. The Kier molecular flexibility index (Phi) is 8.06. The van der Waals surface area contributed by atoms with Crippen LogP contribution in [0.25, 0.3) is 28.1 Å². The number of benzene rings is 2. The maximum Gasteiger partial charge on any atom is 0.133 e. The summed E-state index contributed by atoms with van der Waals surface area (Å²) >= 11 is 2.24. The average molecular weight is 533 g/mol. The fourth-order valence-electron chi connectivity index (χ4n) is 3.94. The van der Waals surface area contributed by atoms with Crippen molar-refractivity contribution in [3.63, 3.8) is 0 Å². The average Bonchev–Trinajstić information content (AvgIpc) is 3.07. The molecule has 0 aliphatic heterocycles. The molecule has 0 fully saturated rings. The van der Waals surface area contributed by atoms with Crippen LogP contribution < -0.4 is 0 Å². The predicted molar refractivity (Wildman–Crippen MR) is 135 cm³/mol. The van der Waals surface area contributed by atoms with Crippen LogP contribution in [0, 0.1) is 5.82 Å². The lowest BCUT2D eigenvalue weighted by Crippen LogP contribution is -2.14. The molecule has 1 aromatic heterocycles. The molecule has 0 spiro atoms. The largest absolute Gasteiger partial charge is 0.389 e. The highest BCUT2D eigenvalue weighted by Crippen LogP contribution is 2.38. The van der Waals surface area contributed by atoms with Crippen molar-refractivity contribution < 1.29 is 14.3 Å². The molecular weight excluding hydrogens is 504 g/mol. The van der Waals surface area contributed by atoms with Crippen LogP contribution in [0.2, 0.25) is 0 Å². The number of para-hydroxylation sites is 1. The Hall–Kier alpha value is -1.99. The first kappa shape index (κ1) is 23.7. The van der Waals surface area contributed by atoms with Crippen molar-refractivity contribution in [3.05, 3.63) is 66.1 Å². The van der Waals surface area contributed by atoms with Gasteiger partial charge in [0.1, 0.15) is 11.6 Å². The van der Waals surface area contributed by atoms with Crippen molar-refractivity contribution >= 4 is 45.4 Å². The number of aromatic nitrogens is 1. The summed E-state index contributed by atoms with van der Waals surface area (Å²) in [7, 11) is 0. The number of nitrogens with zero attached hydrogens (tertiary/aromatic N) is 1. The number of aliphatic hydroxyl groups is 1. The van der Waals surface area contributed by atoms with Crippen LogP contribution in [0.15, 0.2) is 54.6 Å². The Bertz CT molecular complexity index is 1070. The van der Waals surface area contributed by atoms with E-state index in [-0.39, 0.29) is 21.6 Å². The minimum Gasteiger partial charge on any atom is -0.389 e. The molecule has 3 nitrogen and oxygen atoms in total. The SMILES string of the molecule is CCC(=O)CC(I)CC(O)/C=C/c1c(-c2ccc(F)cc2)c2ccccc2n1C(C)C. The van der Waals surface area contributed by atoms with Gasteiger partial charge < -0.3 is 9.67 Å². The predicted octanol–water partition coefficient (Wildman–Crippen LogP) is 6.97. The van der Waals surface area contributed by atoms with Crippen LogP contribution in [-0.2, 0) is 4.79 Å². The zero-order valence-corrected chi connectivity index (χ0v) is 20.3. The molecule has 1 heterocycles. The lowest BCUT2D eigenvalue weighted by molar-refractivity contribution is -0.118. The molecule has 5 heteroatoms. The number of hydrogen-bond donors (Lipinski definition) is 1. The van der Waals surface area contributed by atoms with Crippen LogP contribution in [0.1, 0.15) is 51.8 Å². The van der Waals surface area contributed by atoms with E-state index in [0.717, 1.165) is 27.7 Å². The summed E-state index contributed by atoms with van der Waals surface area (Å²) < 4.78 is 15.9. The van der Waals surface area contributed by atoms with Gasteiger partial charge in [-0.2, -0.15) is 0 Å². The summed E-state index contributed by atoms with van der Waals surface area (Å²) in [5.74, 6) is -0.0484. The summed E-state index contributed by atoms with van der Waals surface area (Å²) in [5.41, 5.74) is 4.05. The first-order valence-electron chi connectivity index (χ1n) is 10.7. The van der Waals surface area contributed by atoms with E-state index in [1.54, 1.807) is 12.1 Å². The van der Waals surface area contributed by atoms with Gasteiger partial charge in [0.05, 0.1) is 6.10 Å². The number of alkyl halides is 1. The van der Waals surface area contributed by atoms with Crippen molar-refractivity contribution in [1.82, 2.24) is 4.57 Å². The molecule has 0 aliphatic rings. The van der Waals surface area contributed by atoms with Crippen molar-refractivity contribution in [2.75, 3.05) is 0 Å². The van der Waals surface area contributed by atoms with Gasteiger partial charge in [-0.05, 0) is 50.1 Å². The summed E-state index contributed by atoms with van der Waals surface area (Å²) in [4.78, 5) is 11.7. The lowest BCUT2D eigenvalue weighted by atomic mass is 10.0. The van der Waals surface area contributed by atoms with E-state index >= 15 is 0 Å². The number of aliphatic hydroxyl groups excluding tert-OH is 1. The van der Waals surface area contributed by atoms with Gasteiger partial charge >= 0.3 is 0 Å². The van der Waals surface area contributed by atoms with E-state index in [1.807, 2.05) is 31.2 Å². The molecule has 31 heavy (non-hydrogen) atoms. The third kappa shape index (κ3) is 5.63. The van der Waals surface area contributed by atoms with Gasteiger partial charge in [0.15, 0.2) is 0 Å². The number of Topliss-reactive ketones (excluding diaryl/α,β-unsaturated/α-hetero) is 1. The molecule has 0 amide bonds. The van der Waals surface area contributed by atoms with E-state index in [9.17, 15) is 14.3 Å². The Morgan fingerprint density at radius 1 is 1.16 bits per heavy atom. The van der Waals surface area contributed by atoms with Gasteiger partial charge in [-0.15, -0.1) is 0 Å². The molecular formula is C26H29FINO2. The van der Waals surface area contributed by atoms with E-state index in [4.69, 9.17) is 0 Å². The van der Waals surface area contributed by atoms with Crippen molar-refractivity contribution in [2.24, 2.45) is 0 Å². The topological polar surface area (TPSA) is 42.2 Å². The van der Waals surface area contributed by atoms with Crippen LogP contribution in [-0.4, -0.2) is 25.5 Å². The zero-order valence-electron chi connectivity index (χ0n) is 18.2. The number of hydrogen-bond acceptors (Lipinski definition) is 2. The molecule has 0 radical (unpaired) electrons. The van der Waals surface area contributed by atoms with Gasteiger partial charge in [-0.1, -0.05) is 65.9 Å². The van der Waals surface area contributed by atoms with Crippen LogP contribution in [0.3, 0.4) is 0 Å². The molecule has 2 unspecified atom stereocenters. The van der Waals surface area contributed by atoms with Gasteiger partial charge in [-0.25, -0.2) is 4.39 Å². The Morgan fingerprint density at radius 2 is 1.84 bits per heavy atom. The number of carbonyl (C=O) groups is 1. The quantitative estimate of drug-likeness (QED) is 0.239. The van der Waals surface area contributed by atoms with Crippen LogP contribution in [0.5, 0.6) is 0 Å². The number of ketones is 1. The Labute approximate surface area is 197 Å². The number of halogens is 2. The minimum absolute atomic E-state index is 0.0947. The van der Waals surface area contributed by atoms with E-state index in [1.165, 1.54) is 12.1 Å². The second-order valence-corrected chi connectivity index (χ2v) is 9.87. The van der Waals surface area contributed by atoms with Crippen LogP contribution >= 0.6 is 22.6 Å². The Morgan fingerprint density at radius 3 is 2.48 bits per heavy atom. The number of rotatable bonds is 9. The first-order valence-corrected chi connectivity index (χ1v) is 12.0. The monoisotopic (exact) mass is 533 g/mol. The Balaban J connectivity index is 2.03. The summed E-state index contributed by atoms with van der Waals surface area (Å²) in [6.07, 6.45) is 4.66. The second kappa shape index (κ2) is 10.6. The standard InChI is InChI=1S/C26H29FINO2/c1-4-21(30)15-20(28)16-22(31)13-14-25-26(18-9-11-19(27)12-10-18)23-7-5-6-8-24(23)29(25)17(2)3/h5-14,17,20,22,31H,4,15-16H2,1-3H3/b14-13+. The number of fused-ring (bicyclic) bond motifs is 1. The molecule has 0 saturated heterocycles. The maximum absolute atomic E-state index is 13.6. The van der Waals surface area contributed by atoms with E-state index in [0.29, 0.717) is 19.3 Å². The van der Waals surface area contributed by atoms with E-state index < -0.39 is 6.10 Å². The van der Waals surface area contributed by atoms with Gasteiger partial charge in [-0.3, -0.25) is 4.79 Å². The molecule has 1 N–H and O–H groups in total. The molecule has 2 aromatic carbocycles. The third-order valence-corrected chi connectivity index (χ3v) is 6.36. The molecule has 0 bridgehead atoms. The maximum atomic E-state index is 13.6. The lowest BCUT2D eigenvalue weighted by Gasteiger charge is -2.15. The van der Waals surface area contributed by atoms with Gasteiger partial charge in [0.2, 0.25) is 0 Å². The molecule has 3 rings (SSSR count). The number of carbonyl (C=O) groups excluding carboxylic acids is 1. The summed E-state index contributed by atoms with van der Waals surface area (Å²) in [6, 6.07) is 15.0. The highest BCUT2D eigenvalue weighted by Gasteiger charge is 2.19. The minimum atomic E-state index is -0.647. The molecule has 3 aromatic rings. The molecule has 164 valence electrons. The normalized spacial score (nSPS) is 13.9. The summed E-state index contributed by atoms with van der Waals surface area (Å²) in [5, 5.41) is 11.7. The third-order valence-electron chi connectivity index (χ3n) is 5.41. The van der Waals surface area contributed by atoms with Gasteiger partial charge in [0.25, 0.3) is 0 Å². The highest BCUT2D eigenvalue weighted by molar-refractivity contribution is 14.1. The molecule has 0 saturated carbocycles. The molecule has 2 atom stereocenters. The van der Waals surface area contributed by atoms with Crippen molar-refractivity contribution in [3.8, 4) is 11.1 Å². The fourth-order valence-corrected chi connectivity index (χ4v) is 4.95.